The van der Waals surface area contributed by atoms with Crippen LogP contribution in [0.25, 0.3) is 11.1 Å². The van der Waals surface area contributed by atoms with Crippen molar-refractivity contribution in [1.29, 1.82) is 0 Å². The molecule has 0 bridgehead atoms. The number of carbonyl (C=O) groups excluding carboxylic acids is 2. The number of aromatic nitrogens is 1. The second kappa shape index (κ2) is 10.4. The summed E-state index contributed by atoms with van der Waals surface area (Å²) in [5.74, 6) is 0.0384. The molecule has 0 unspecified atom stereocenters. The highest BCUT2D eigenvalue weighted by molar-refractivity contribution is 7.99. The van der Waals surface area contributed by atoms with Crippen LogP contribution < -0.4 is 10.2 Å². The molecule has 0 radical (unpaired) electrons. The lowest BCUT2D eigenvalue weighted by Crippen LogP contribution is -2.48. The topological polar surface area (TPSA) is 78.7 Å². The van der Waals surface area contributed by atoms with Crippen molar-refractivity contribution in [3.8, 4) is 0 Å². The van der Waals surface area contributed by atoms with Crippen LogP contribution in [0.4, 0.5) is 11.4 Å². The van der Waals surface area contributed by atoms with Crippen molar-refractivity contribution < 1.29 is 14.0 Å². The lowest BCUT2D eigenvalue weighted by molar-refractivity contribution is -0.113. The van der Waals surface area contributed by atoms with Gasteiger partial charge in [0.1, 0.15) is 5.52 Å². The highest BCUT2D eigenvalue weighted by atomic mass is 35.5. The van der Waals surface area contributed by atoms with E-state index in [0.29, 0.717) is 34.5 Å². The summed E-state index contributed by atoms with van der Waals surface area (Å²) in [7, 11) is 0. The van der Waals surface area contributed by atoms with E-state index in [2.05, 4.69) is 15.2 Å². The first-order valence-electron chi connectivity index (χ1n) is 11.2. The van der Waals surface area contributed by atoms with Crippen molar-refractivity contribution in [3.63, 3.8) is 0 Å². The Bertz CT molecular complexity index is 1320. The Morgan fingerprint density at radius 2 is 1.66 bits per heavy atom. The second-order valence-electron chi connectivity index (χ2n) is 8.09. The van der Waals surface area contributed by atoms with E-state index in [1.807, 2.05) is 65.6 Å². The molecule has 178 valence electrons. The molecule has 1 saturated heterocycles. The smallest absolute Gasteiger partial charge is 0.257 e. The SMILES string of the molecule is O=C(CSc1nc2ccccc2o1)Nc1ccc(N2CCN(C(=O)c3ccccc3Cl)CC2)cc1. The quantitative estimate of drug-likeness (QED) is 0.363. The molecular formula is C26H23ClN4O3S. The molecule has 4 aromatic rings. The van der Waals surface area contributed by atoms with Gasteiger partial charge < -0.3 is 19.5 Å². The number of amides is 2. The summed E-state index contributed by atoms with van der Waals surface area (Å²) in [6.07, 6.45) is 0. The lowest BCUT2D eigenvalue weighted by atomic mass is 10.1. The number of rotatable bonds is 6. The van der Waals surface area contributed by atoms with E-state index in [4.69, 9.17) is 16.0 Å². The number of carbonyl (C=O) groups is 2. The van der Waals surface area contributed by atoms with E-state index in [0.717, 1.165) is 30.0 Å². The minimum absolute atomic E-state index is 0.0379. The molecule has 0 atom stereocenters. The first-order chi connectivity index (χ1) is 17.1. The fraction of sp³-hybridized carbons (Fsp3) is 0.192. The largest absolute Gasteiger partial charge is 0.431 e. The van der Waals surface area contributed by atoms with Gasteiger partial charge in [0.2, 0.25) is 5.91 Å². The second-order valence-corrected chi connectivity index (χ2v) is 9.42. The third-order valence-corrected chi connectivity index (χ3v) is 6.95. The van der Waals surface area contributed by atoms with Crippen LogP contribution in [0.5, 0.6) is 0 Å². The average molecular weight is 507 g/mol. The Balaban J connectivity index is 1.11. The van der Waals surface area contributed by atoms with E-state index in [1.165, 1.54) is 11.8 Å². The van der Waals surface area contributed by atoms with E-state index < -0.39 is 0 Å². The Morgan fingerprint density at radius 3 is 2.40 bits per heavy atom. The predicted molar refractivity (Wildman–Crippen MR) is 139 cm³/mol. The highest BCUT2D eigenvalue weighted by Gasteiger charge is 2.23. The van der Waals surface area contributed by atoms with E-state index in [-0.39, 0.29) is 17.6 Å². The number of hydrogen-bond donors (Lipinski definition) is 1. The Labute approximate surface area is 212 Å². The Kier molecular flexibility index (Phi) is 6.92. The molecule has 0 spiro atoms. The van der Waals surface area contributed by atoms with Crippen LogP contribution in [0.15, 0.2) is 82.4 Å². The Hall–Kier alpha value is -3.49. The summed E-state index contributed by atoms with van der Waals surface area (Å²) in [6, 6.07) is 22.4. The molecule has 1 aliphatic rings. The van der Waals surface area contributed by atoms with Crippen molar-refractivity contribution >= 4 is 57.7 Å². The highest BCUT2D eigenvalue weighted by Crippen LogP contribution is 2.24. The summed E-state index contributed by atoms with van der Waals surface area (Å²) < 4.78 is 5.64. The molecule has 0 saturated carbocycles. The average Bonchev–Trinajstić information content (AvgIpc) is 3.31. The number of anilines is 2. The number of halogens is 1. The molecule has 35 heavy (non-hydrogen) atoms. The molecule has 1 aromatic heterocycles. The number of fused-ring (bicyclic) bond motifs is 1. The molecule has 3 aromatic carbocycles. The van der Waals surface area contributed by atoms with Crippen molar-refractivity contribution in [1.82, 2.24) is 9.88 Å². The molecule has 7 nitrogen and oxygen atoms in total. The minimum atomic E-state index is -0.128. The van der Waals surface area contributed by atoms with E-state index >= 15 is 0 Å². The van der Waals surface area contributed by atoms with Crippen molar-refractivity contribution in [3.05, 3.63) is 83.4 Å². The third kappa shape index (κ3) is 5.44. The van der Waals surface area contributed by atoms with Crippen LogP contribution in [0.2, 0.25) is 5.02 Å². The molecule has 1 N–H and O–H groups in total. The van der Waals surface area contributed by atoms with Gasteiger partial charge in [0, 0.05) is 37.6 Å². The summed E-state index contributed by atoms with van der Waals surface area (Å²) in [6.45, 7) is 2.69. The van der Waals surface area contributed by atoms with Crippen molar-refractivity contribution in [2.24, 2.45) is 0 Å². The number of hydrogen-bond acceptors (Lipinski definition) is 6. The van der Waals surface area contributed by atoms with Gasteiger partial charge in [0.25, 0.3) is 11.1 Å². The zero-order valence-electron chi connectivity index (χ0n) is 18.8. The number of oxazole rings is 1. The van der Waals surface area contributed by atoms with Crippen molar-refractivity contribution in [2.45, 2.75) is 5.22 Å². The van der Waals surface area contributed by atoms with Crippen LogP contribution in [-0.2, 0) is 4.79 Å². The van der Waals surface area contributed by atoms with Gasteiger partial charge in [-0.15, -0.1) is 0 Å². The Morgan fingerprint density at radius 1 is 0.943 bits per heavy atom. The summed E-state index contributed by atoms with van der Waals surface area (Å²) >= 11 is 7.45. The van der Waals surface area contributed by atoms with Gasteiger partial charge in [0.15, 0.2) is 5.58 Å². The molecular weight excluding hydrogens is 484 g/mol. The molecule has 0 aliphatic carbocycles. The van der Waals surface area contributed by atoms with E-state index in [9.17, 15) is 9.59 Å². The fourth-order valence-electron chi connectivity index (χ4n) is 3.97. The van der Waals surface area contributed by atoms with Crippen LogP contribution in [0.3, 0.4) is 0 Å². The minimum Gasteiger partial charge on any atom is -0.431 e. The maximum absolute atomic E-state index is 12.8. The predicted octanol–water partition coefficient (Wildman–Crippen LogP) is 5.17. The molecule has 2 amide bonds. The van der Waals surface area contributed by atoms with Crippen LogP contribution in [0.1, 0.15) is 10.4 Å². The lowest BCUT2D eigenvalue weighted by Gasteiger charge is -2.36. The number of para-hydroxylation sites is 2. The van der Waals surface area contributed by atoms with Gasteiger partial charge >= 0.3 is 0 Å². The number of piperazine rings is 1. The first kappa shape index (κ1) is 23.3. The molecule has 9 heteroatoms. The normalized spacial score (nSPS) is 13.7. The van der Waals surface area contributed by atoms with Crippen molar-refractivity contribution in [2.75, 3.05) is 42.1 Å². The monoisotopic (exact) mass is 506 g/mol. The fourth-order valence-corrected chi connectivity index (χ4v) is 4.82. The number of nitrogens with one attached hydrogen (secondary N) is 1. The molecule has 5 rings (SSSR count). The number of benzene rings is 3. The number of thioether (sulfide) groups is 1. The molecule has 1 aliphatic heterocycles. The summed E-state index contributed by atoms with van der Waals surface area (Å²) in [5.41, 5.74) is 3.80. The van der Waals surface area contributed by atoms with Crippen LogP contribution in [-0.4, -0.2) is 53.6 Å². The van der Waals surface area contributed by atoms with Gasteiger partial charge in [-0.05, 0) is 48.5 Å². The first-order valence-corrected chi connectivity index (χ1v) is 12.6. The van der Waals surface area contributed by atoms with E-state index in [1.54, 1.807) is 12.1 Å². The van der Waals surface area contributed by atoms with Gasteiger partial charge in [-0.25, -0.2) is 4.98 Å². The van der Waals surface area contributed by atoms with Crippen LogP contribution in [0, 0.1) is 0 Å². The third-order valence-electron chi connectivity index (χ3n) is 5.79. The standard InChI is InChI=1S/C26H23ClN4O3S/c27-21-6-2-1-5-20(21)25(33)31-15-13-30(14-16-31)19-11-9-18(10-12-19)28-24(32)17-35-26-29-22-7-3-4-8-23(22)34-26/h1-12H,13-17H2,(H,28,32). The zero-order valence-corrected chi connectivity index (χ0v) is 20.4. The van der Waals surface area contributed by atoms with Gasteiger partial charge in [-0.3, -0.25) is 9.59 Å². The summed E-state index contributed by atoms with van der Waals surface area (Å²) in [4.78, 5) is 33.6. The maximum Gasteiger partial charge on any atom is 0.257 e. The molecule has 2 heterocycles. The maximum atomic E-state index is 12.8. The van der Waals surface area contributed by atoms with Crippen LogP contribution >= 0.6 is 23.4 Å². The zero-order chi connectivity index (χ0) is 24.2. The number of nitrogens with zero attached hydrogens (tertiary/aromatic N) is 3. The summed E-state index contributed by atoms with van der Waals surface area (Å²) in [5, 5.41) is 3.86. The van der Waals surface area contributed by atoms with Gasteiger partial charge in [0.05, 0.1) is 16.3 Å². The van der Waals surface area contributed by atoms with Gasteiger partial charge in [-0.1, -0.05) is 47.6 Å². The van der Waals surface area contributed by atoms with Gasteiger partial charge in [-0.2, -0.15) is 0 Å². The molecule has 1 fully saturated rings.